The summed E-state index contributed by atoms with van der Waals surface area (Å²) in [5, 5.41) is 4.09. The highest BCUT2D eigenvalue weighted by molar-refractivity contribution is 5.81. The molecule has 32 heavy (non-hydrogen) atoms. The average molecular weight is 436 g/mol. The number of carbonyl (C=O) groups is 1. The van der Waals surface area contributed by atoms with Gasteiger partial charge in [-0.25, -0.2) is 9.18 Å². The van der Waals surface area contributed by atoms with Gasteiger partial charge in [0, 0.05) is 23.7 Å². The lowest BCUT2D eigenvalue weighted by Crippen LogP contribution is -2.45. The molecular weight excluding hydrogens is 405 g/mol. The largest absolute Gasteiger partial charge is 0.335 e. The summed E-state index contributed by atoms with van der Waals surface area (Å²) >= 11 is 0. The monoisotopic (exact) mass is 435 g/mol. The molecule has 6 heteroatoms. The Morgan fingerprint density at radius 1 is 1.03 bits per heavy atom. The molecule has 0 aliphatic heterocycles. The topological polar surface area (TPSA) is 65.2 Å². The molecule has 1 aromatic heterocycles. The summed E-state index contributed by atoms with van der Waals surface area (Å²) < 4.78 is 13.4. The van der Waals surface area contributed by atoms with Crippen molar-refractivity contribution in [3.05, 3.63) is 80.9 Å². The Morgan fingerprint density at radius 3 is 2.44 bits per heavy atom. The second kappa shape index (κ2) is 9.55. The third-order valence-corrected chi connectivity index (χ3v) is 6.40. The number of hydrogen-bond acceptors (Lipinski definition) is 2. The Morgan fingerprint density at radius 2 is 1.72 bits per heavy atom. The van der Waals surface area contributed by atoms with Crippen molar-refractivity contribution in [2.45, 2.75) is 65.1 Å². The molecule has 0 bridgehead atoms. The van der Waals surface area contributed by atoms with Gasteiger partial charge in [0.2, 0.25) is 0 Å². The fraction of sp³-hybridized carbons (Fsp3) is 0.385. The number of urea groups is 1. The Kier molecular flexibility index (Phi) is 6.58. The minimum atomic E-state index is -0.316. The molecule has 0 saturated heterocycles. The van der Waals surface area contributed by atoms with Crippen LogP contribution in [0.15, 0.2) is 47.3 Å². The van der Waals surface area contributed by atoms with Crippen LogP contribution in [0, 0.1) is 19.7 Å². The van der Waals surface area contributed by atoms with E-state index in [1.807, 2.05) is 26.0 Å². The fourth-order valence-electron chi connectivity index (χ4n) is 4.37. The number of fused-ring (bicyclic) bond motifs is 1. The summed E-state index contributed by atoms with van der Waals surface area (Å²) in [6, 6.07) is 12.0. The van der Waals surface area contributed by atoms with Gasteiger partial charge in [0.1, 0.15) is 5.82 Å². The molecule has 0 atom stereocenters. The zero-order valence-electron chi connectivity index (χ0n) is 18.7. The number of H-pyrrole nitrogens is 1. The van der Waals surface area contributed by atoms with Crippen LogP contribution >= 0.6 is 0 Å². The summed E-state index contributed by atoms with van der Waals surface area (Å²) in [7, 11) is 0. The third kappa shape index (κ3) is 5.18. The number of halogens is 1. The molecule has 5 nitrogen and oxygen atoms in total. The molecule has 1 heterocycles. The number of nitrogens with zero attached hydrogens (tertiary/aromatic N) is 1. The Bertz CT molecular complexity index is 1160. The van der Waals surface area contributed by atoms with E-state index in [1.165, 1.54) is 18.6 Å². The number of aromatic nitrogens is 1. The first-order valence-corrected chi connectivity index (χ1v) is 11.3. The van der Waals surface area contributed by atoms with Gasteiger partial charge in [-0.15, -0.1) is 0 Å². The minimum Gasteiger partial charge on any atom is -0.335 e. The summed E-state index contributed by atoms with van der Waals surface area (Å²) in [5.41, 5.74) is 4.20. The molecule has 1 fully saturated rings. The van der Waals surface area contributed by atoms with E-state index in [1.54, 1.807) is 17.0 Å². The molecule has 168 valence electrons. The number of aromatic amines is 1. The first-order valence-electron chi connectivity index (χ1n) is 11.3. The summed E-state index contributed by atoms with van der Waals surface area (Å²) in [4.78, 5) is 30.6. The van der Waals surface area contributed by atoms with E-state index in [0.29, 0.717) is 12.1 Å². The Labute approximate surface area is 187 Å². The van der Waals surface area contributed by atoms with Gasteiger partial charge < -0.3 is 15.2 Å². The van der Waals surface area contributed by atoms with E-state index in [-0.39, 0.29) is 30.0 Å². The van der Waals surface area contributed by atoms with Crippen molar-refractivity contribution in [1.29, 1.82) is 0 Å². The van der Waals surface area contributed by atoms with E-state index in [9.17, 15) is 14.0 Å². The lowest BCUT2D eigenvalue weighted by molar-refractivity contribution is 0.184. The van der Waals surface area contributed by atoms with Crippen molar-refractivity contribution in [2.24, 2.45) is 0 Å². The zero-order valence-corrected chi connectivity index (χ0v) is 18.7. The predicted molar refractivity (Wildman–Crippen MR) is 125 cm³/mol. The molecule has 1 aliphatic carbocycles. The predicted octanol–water partition coefficient (Wildman–Crippen LogP) is 5.33. The molecule has 0 radical (unpaired) electrons. The lowest BCUT2D eigenvalue weighted by atomic mass is 9.96. The van der Waals surface area contributed by atoms with Gasteiger partial charge in [-0.05, 0) is 79.1 Å². The van der Waals surface area contributed by atoms with Crippen LogP contribution < -0.4 is 10.9 Å². The highest BCUT2D eigenvalue weighted by Gasteiger charge is 2.21. The van der Waals surface area contributed by atoms with E-state index < -0.39 is 0 Å². The molecule has 0 spiro atoms. The van der Waals surface area contributed by atoms with Crippen LogP contribution in [-0.4, -0.2) is 22.0 Å². The maximum atomic E-state index is 13.4. The third-order valence-electron chi connectivity index (χ3n) is 6.40. The van der Waals surface area contributed by atoms with E-state index >= 15 is 0 Å². The van der Waals surface area contributed by atoms with Crippen molar-refractivity contribution >= 4 is 16.9 Å². The van der Waals surface area contributed by atoms with Crippen LogP contribution in [0.1, 0.15) is 54.4 Å². The number of amides is 2. The van der Waals surface area contributed by atoms with Crippen LogP contribution in [0.25, 0.3) is 10.9 Å². The Hall–Kier alpha value is -3.15. The number of carbonyl (C=O) groups excluding carboxylic acids is 1. The number of benzene rings is 2. The molecule has 1 saturated carbocycles. The summed E-state index contributed by atoms with van der Waals surface area (Å²) in [6.45, 7) is 4.52. The first kappa shape index (κ1) is 22.1. The average Bonchev–Trinajstić information content (AvgIpc) is 2.77. The van der Waals surface area contributed by atoms with E-state index in [2.05, 4.69) is 16.4 Å². The lowest BCUT2D eigenvalue weighted by Gasteiger charge is -2.28. The van der Waals surface area contributed by atoms with Gasteiger partial charge in [-0.1, -0.05) is 31.4 Å². The molecule has 2 aromatic carbocycles. The van der Waals surface area contributed by atoms with Crippen molar-refractivity contribution in [1.82, 2.24) is 15.2 Å². The van der Waals surface area contributed by atoms with E-state index in [0.717, 1.165) is 53.3 Å². The van der Waals surface area contributed by atoms with Gasteiger partial charge in [0.05, 0.1) is 6.54 Å². The van der Waals surface area contributed by atoms with Crippen molar-refractivity contribution in [3.8, 4) is 0 Å². The van der Waals surface area contributed by atoms with Gasteiger partial charge in [-0.2, -0.15) is 0 Å². The molecule has 3 aromatic rings. The van der Waals surface area contributed by atoms with Gasteiger partial charge in [-0.3, -0.25) is 4.79 Å². The van der Waals surface area contributed by atoms with Crippen molar-refractivity contribution in [3.63, 3.8) is 0 Å². The van der Waals surface area contributed by atoms with Crippen molar-refractivity contribution < 1.29 is 9.18 Å². The molecule has 4 rings (SSSR count). The Balaban J connectivity index is 1.61. The normalized spacial score (nSPS) is 14.5. The number of hydrogen-bond donors (Lipinski definition) is 2. The maximum absolute atomic E-state index is 13.4. The molecule has 1 aliphatic rings. The standard InChI is InChI=1S/C26H30FN3O2/c1-17-12-20-14-21(25(31)29-24(20)13-18(17)2)16-30(15-19-8-10-22(27)11-9-19)26(32)28-23-6-4-3-5-7-23/h8-14,23H,3-7,15-16H2,1-2H3,(H,28,32)(H,29,31). The number of nitrogens with one attached hydrogen (secondary N) is 2. The molecule has 2 N–H and O–H groups in total. The molecule has 0 unspecified atom stereocenters. The van der Waals surface area contributed by atoms with Crippen LogP contribution in [0.4, 0.5) is 9.18 Å². The quantitative estimate of drug-likeness (QED) is 0.569. The summed E-state index contributed by atoms with van der Waals surface area (Å²) in [5.74, 6) is -0.316. The highest BCUT2D eigenvalue weighted by atomic mass is 19.1. The number of rotatable bonds is 5. The maximum Gasteiger partial charge on any atom is 0.318 e. The SMILES string of the molecule is Cc1cc2cc(CN(Cc3ccc(F)cc3)C(=O)NC3CCCCC3)c(=O)[nH]c2cc1C. The second-order valence-electron chi connectivity index (χ2n) is 8.91. The van der Waals surface area contributed by atoms with Crippen LogP contribution in [-0.2, 0) is 13.1 Å². The second-order valence-corrected chi connectivity index (χ2v) is 8.91. The smallest absolute Gasteiger partial charge is 0.318 e. The van der Waals surface area contributed by atoms with Crippen LogP contribution in [0.3, 0.4) is 0 Å². The highest BCUT2D eigenvalue weighted by Crippen LogP contribution is 2.20. The molecular formula is C26H30FN3O2. The van der Waals surface area contributed by atoms with E-state index in [4.69, 9.17) is 0 Å². The zero-order chi connectivity index (χ0) is 22.7. The molecule has 2 amide bonds. The number of aryl methyl sites for hydroxylation is 2. The van der Waals surface area contributed by atoms with Gasteiger partial charge >= 0.3 is 6.03 Å². The first-order chi connectivity index (χ1) is 15.4. The van der Waals surface area contributed by atoms with Gasteiger partial charge in [0.15, 0.2) is 0 Å². The number of pyridine rings is 1. The minimum absolute atomic E-state index is 0.160. The van der Waals surface area contributed by atoms with Crippen LogP contribution in [0.2, 0.25) is 0 Å². The van der Waals surface area contributed by atoms with Crippen molar-refractivity contribution in [2.75, 3.05) is 0 Å². The summed E-state index contributed by atoms with van der Waals surface area (Å²) in [6.07, 6.45) is 5.39. The van der Waals surface area contributed by atoms with Gasteiger partial charge in [0.25, 0.3) is 5.56 Å². The fourth-order valence-corrected chi connectivity index (χ4v) is 4.37. The van der Waals surface area contributed by atoms with Crippen LogP contribution in [0.5, 0.6) is 0 Å².